The first-order valence-corrected chi connectivity index (χ1v) is 7.78. The quantitative estimate of drug-likeness (QED) is 0.564. The summed E-state index contributed by atoms with van der Waals surface area (Å²) in [5, 5.41) is 0. The molecule has 2 aliphatic rings. The Morgan fingerprint density at radius 3 is 1.71 bits per heavy atom. The molecule has 2 rings (SSSR count). The molecular weight excluding hydrogens is 346 g/mol. The summed E-state index contributed by atoms with van der Waals surface area (Å²) in [5.74, 6) is -0.0928. The number of carbonyl (C=O) groups is 2. The number of hydrogen-bond donors (Lipinski definition) is 0. The van der Waals surface area contributed by atoms with Crippen molar-refractivity contribution >= 4 is 11.9 Å². The van der Waals surface area contributed by atoms with Gasteiger partial charge < -0.3 is 9.64 Å². The van der Waals surface area contributed by atoms with Crippen LogP contribution in [0.3, 0.4) is 0 Å². The van der Waals surface area contributed by atoms with E-state index in [1.54, 1.807) is 24.2 Å². The topological polar surface area (TPSA) is 46.6 Å². The first-order valence-electron chi connectivity index (χ1n) is 7.78. The van der Waals surface area contributed by atoms with E-state index in [9.17, 15) is 9.59 Å². The Balaban J connectivity index is 0.000000751. The molecule has 0 N–H and O–H groups in total. The second kappa shape index (κ2) is 11.9. The zero-order valence-electron chi connectivity index (χ0n) is 14.8. The molecule has 0 spiro atoms. The predicted molar refractivity (Wildman–Crippen MR) is 89.8 cm³/mol. The third-order valence-corrected chi connectivity index (χ3v) is 3.16. The third kappa shape index (κ3) is 7.56. The van der Waals surface area contributed by atoms with E-state index < -0.39 is 5.97 Å². The van der Waals surface area contributed by atoms with Gasteiger partial charge in [0.05, 0.1) is 0 Å². The number of esters is 1. The minimum absolute atomic E-state index is 0. The zero-order chi connectivity index (χ0) is 17.4. The van der Waals surface area contributed by atoms with Crippen molar-refractivity contribution < 1.29 is 31.4 Å². The van der Waals surface area contributed by atoms with Crippen LogP contribution in [-0.2, 0) is 31.4 Å². The van der Waals surface area contributed by atoms with Crippen LogP contribution < -0.4 is 0 Å². The van der Waals surface area contributed by atoms with Gasteiger partial charge in [-0.05, 0) is 72.6 Å². The smallest absolute Gasteiger partial charge is 0.453 e. The van der Waals surface area contributed by atoms with Crippen molar-refractivity contribution in [3.8, 4) is 0 Å². The van der Waals surface area contributed by atoms with E-state index in [4.69, 9.17) is 4.74 Å². The first kappa shape index (κ1) is 23.5. The minimum Gasteiger partial charge on any atom is -0.453 e. The van der Waals surface area contributed by atoms with Crippen molar-refractivity contribution in [1.82, 2.24) is 4.90 Å². The molecule has 4 nitrogen and oxygen atoms in total. The Kier molecular flexibility index (Phi) is 11.6. The van der Waals surface area contributed by atoms with Crippen molar-refractivity contribution in [3.05, 3.63) is 63.4 Å². The Bertz CT molecular complexity index is 365. The summed E-state index contributed by atoms with van der Waals surface area (Å²) in [6.07, 6.45) is 15.4. The zero-order valence-corrected chi connectivity index (χ0v) is 15.9. The standard InChI is InChI=1S/C14H20NO3.C5H5.Fe/c1-9(2)15(10(3)4)14(17)12-7-6-8-13(12)18-11(5)16;1-2-4-5-3-1;/h6-10H,1-5H3;1-5H;/q;;+2. The summed E-state index contributed by atoms with van der Waals surface area (Å²) in [4.78, 5) is 25.2. The van der Waals surface area contributed by atoms with Gasteiger partial charge in [-0.1, -0.05) is 0 Å². The fourth-order valence-corrected chi connectivity index (χ4v) is 2.35. The van der Waals surface area contributed by atoms with Crippen molar-refractivity contribution in [2.45, 2.75) is 46.7 Å². The van der Waals surface area contributed by atoms with Crippen LogP contribution in [0.5, 0.6) is 0 Å². The SMILES string of the molecule is CC(=O)O[C]1[CH][CH][CH][C]1C(=O)N(C(C)C)C(C)C.[CH]1[CH][CH][CH][CH]1.[Fe+2]. The summed E-state index contributed by atoms with van der Waals surface area (Å²) < 4.78 is 5.03. The summed E-state index contributed by atoms with van der Waals surface area (Å²) in [6.45, 7) is 9.18. The molecule has 5 heteroatoms. The number of carbonyl (C=O) groups excluding carboxylic acids is 2. The maximum absolute atomic E-state index is 12.4. The maximum Gasteiger partial charge on any atom is 2.00 e. The Labute approximate surface area is 158 Å². The van der Waals surface area contributed by atoms with Gasteiger partial charge in [0.25, 0.3) is 0 Å². The first-order chi connectivity index (χ1) is 10.8. The predicted octanol–water partition coefficient (Wildman–Crippen LogP) is 2.95. The Morgan fingerprint density at radius 1 is 0.875 bits per heavy atom. The molecule has 10 radical (unpaired) electrons. The molecule has 0 atom stereocenters. The molecule has 24 heavy (non-hydrogen) atoms. The van der Waals surface area contributed by atoms with Crippen molar-refractivity contribution in [2.75, 3.05) is 0 Å². The third-order valence-electron chi connectivity index (χ3n) is 3.16. The largest absolute Gasteiger partial charge is 2.00 e. The van der Waals surface area contributed by atoms with Crippen LogP contribution in [0.2, 0.25) is 0 Å². The van der Waals surface area contributed by atoms with E-state index >= 15 is 0 Å². The second-order valence-electron chi connectivity index (χ2n) is 5.76. The molecule has 0 aliphatic heterocycles. The van der Waals surface area contributed by atoms with Gasteiger partial charge in [-0.25, -0.2) is 0 Å². The number of hydrogen-bond acceptors (Lipinski definition) is 3. The van der Waals surface area contributed by atoms with Crippen molar-refractivity contribution in [1.29, 1.82) is 0 Å². The van der Waals surface area contributed by atoms with Gasteiger partial charge in [0.15, 0.2) is 6.10 Å². The average molecular weight is 371 g/mol. The van der Waals surface area contributed by atoms with E-state index in [0.29, 0.717) is 12.0 Å². The van der Waals surface area contributed by atoms with Crippen LogP contribution in [0, 0.1) is 63.4 Å². The summed E-state index contributed by atoms with van der Waals surface area (Å²) >= 11 is 0. The van der Waals surface area contributed by atoms with Crippen molar-refractivity contribution in [3.63, 3.8) is 0 Å². The van der Waals surface area contributed by atoms with Gasteiger partial charge in [-0.2, -0.15) is 0 Å². The minimum atomic E-state index is -0.420. The normalized spacial score (nSPS) is 18.1. The van der Waals surface area contributed by atoms with Crippen LogP contribution in [0.25, 0.3) is 0 Å². The van der Waals surface area contributed by atoms with Crippen LogP contribution in [-0.4, -0.2) is 28.9 Å². The molecule has 0 heterocycles. The molecule has 0 aromatic heterocycles. The summed E-state index contributed by atoms with van der Waals surface area (Å²) in [6, 6.07) is 0.190. The van der Waals surface area contributed by atoms with Gasteiger partial charge in [0.2, 0.25) is 5.91 Å². The number of ether oxygens (including phenoxy) is 1. The molecule has 0 bridgehead atoms. The van der Waals surface area contributed by atoms with Crippen LogP contribution in [0.15, 0.2) is 0 Å². The molecule has 0 unspecified atom stereocenters. The number of amides is 1. The van der Waals surface area contributed by atoms with Crippen LogP contribution in [0.1, 0.15) is 34.6 Å². The van der Waals surface area contributed by atoms with E-state index in [-0.39, 0.29) is 35.1 Å². The van der Waals surface area contributed by atoms with E-state index in [1.807, 2.05) is 59.8 Å². The van der Waals surface area contributed by atoms with Gasteiger partial charge in [-0.3, -0.25) is 9.59 Å². The molecule has 0 aromatic rings. The van der Waals surface area contributed by atoms with Crippen LogP contribution in [0.4, 0.5) is 0 Å². The Hall–Kier alpha value is -0.541. The van der Waals surface area contributed by atoms with Gasteiger partial charge in [0.1, 0.15) is 5.92 Å². The molecule has 130 valence electrons. The monoisotopic (exact) mass is 371 g/mol. The van der Waals surface area contributed by atoms with Crippen molar-refractivity contribution in [2.24, 2.45) is 0 Å². The number of nitrogens with zero attached hydrogens (tertiary/aromatic N) is 1. The van der Waals surface area contributed by atoms with E-state index in [2.05, 4.69) is 0 Å². The molecule has 2 saturated carbocycles. The van der Waals surface area contributed by atoms with E-state index in [0.717, 1.165) is 0 Å². The average Bonchev–Trinajstić information content (AvgIpc) is 3.10. The second-order valence-corrected chi connectivity index (χ2v) is 5.76. The molecule has 2 aliphatic carbocycles. The summed E-state index contributed by atoms with van der Waals surface area (Å²) in [7, 11) is 0. The van der Waals surface area contributed by atoms with Gasteiger partial charge >= 0.3 is 23.0 Å². The van der Waals surface area contributed by atoms with Crippen LogP contribution >= 0.6 is 0 Å². The molecule has 1 amide bonds. The fraction of sp³-hybridized carbons (Fsp3) is 0.368. The molecular formula is C19H25FeNO3+2. The molecule has 0 saturated heterocycles. The van der Waals surface area contributed by atoms with Gasteiger partial charge in [0, 0.05) is 25.4 Å². The van der Waals surface area contributed by atoms with Gasteiger partial charge in [-0.15, -0.1) is 0 Å². The molecule has 2 fully saturated rings. The summed E-state index contributed by atoms with van der Waals surface area (Å²) in [5.41, 5.74) is 0. The van der Waals surface area contributed by atoms with E-state index in [1.165, 1.54) is 6.92 Å². The Morgan fingerprint density at radius 2 is 1.33 bits per heavy atom. The molecule has 0 aromatic carbocycles. The maximum atomic E-state index is 12.4. The number of rotatable bonds is 4. The fourth-order valence-electron chi connectivity index (χ4n) is 2.35.